The van der Waals surface area contributed by atoms with E-state index in [1.165, 1.54) is 11.2 Å². The third kappa shape index (κ3) is 4.09. The van der Waals surface area contributed by atoms with Gasteiger partial charge in [-0.25, -0.2) is 13.2 Å². The van der Waals surface area contributed by atoms with Crippen molar-refractivity contribution in [3.63, 3.8) is 0 Å². The summed E-state index contributed by atoms with van der Waals surface area (Å²) in [5.41, 5.74) is 2.52. The molecule has 1 aliphatic rings. The molecule has 1 aliphatic heterocycles. The number of hydrogen-bond acceptors (Lipinski definition) is 5. The number of rotatable bonds is 4. The molecule has 1 aromatic heterocycles. The van der Waals surface area contributed by atoms with E-state index < -0.39 is 15.9 Å². The number of nitrogens with zero attached hydrogens (tertiary/aromatic N) is 2. The van der Waals surface area contributed by atoms with Gasteiger partial charge in [-0.2, -0.15) is 0 Å². The molecule has 0 spiro atoms. The van der Waals surface area contributed by atoms with Crippen molar-refractivity contribution in [2.75, 3.05) is 19.3 Å². The summed E-state index contributed by atoms with van der Waals surface area (Å²) < 4.78 is 29.7. The highest BCUT2D eigenvalue weighted by molar-refractivity contribution is 7.90. The summed E-state index contributed by atoms with van der Waals surface area (Å²) in [6.45, 7) is 0.919. The quantitative estimate of drug-likeness (QED) is 0.681. The number of aromatic nitrogens is 1. The minimum Gasteiger partial charge on any atom is -0.490 e. The maximum absolute atomic E-state index is 11.7. The lowest BCUT2D eigenvalue weighted by Crippen LogP contribution is -2.41. The zero-order valence-electron chi connectivity index (χ0n) is 16.5. The molecule has 8 heteroatoms. The second kappa shape index (κ2) is 7.95. The van der Waals surface area contributed by atoms with Crippen molar-refractivity contribution in [3.8, 4) is 16.9 Å². The van der Waals surface area contributed by atoms with Crippen LogP contribution in [-0.2, 0) is 9.84 Å². The standard InChI is InChI=1S/C22H22N2O5S/c1-30(27,28)17-7-5-15(6-8-17)18-3-2-4-19-20(9-12-23-21(18)19)29-16-10-13-24(14-11-16)22(25)26/h2-9,12,16H,10-11,13-14H2,1H3,(H,25,26). The molecule has 1 N–H and O–H groups in total. The first kappa shape index (κ1) is 20.2. The number of benzene rings is 2. The van der Waals surface area contributed by atoms with Gasteiger partial charge in [-0.3, -0.25) is 4.98 Å². The highest BCUT2D eigenvalue weighted by atomic mass is 32.2. The Kier molecular flexibility index (Phi) is 5.34. The van der Waals surface area contributed by atoms with Crippen LogP contribution in [0.25, 0.3) is 22.0 Å². The molecule has 1 saturated heterocycles. The van der Waals surface area contributed by atoms with Gasteiger partial charge >= 0.3 is 6.09 Å². The topological polar surface area (TPSA) is 96.8 Å². The van der Waals surface area contributed by atoms with Crippen LogP contribution in [0, 0.1) is 0 Å². The molecule has 4 rings (SSSR count). The molecule has 30 heavy (non-hydrogen) atoms. The number of sulfone groups is 1. The summed E-state index contributed by atoms with van der Waals surface area (Å²) in [6, 6.07) is 14.4. The van der Waals surface area contributed by atoms with Crippen molar-refractivity contribution in [2.24, 2.45) is 0 Å². The maximum Gasteiger partial charge on any atom is 0.407 e. The van der Waals surface area contributed by atoms with E-state index in [2.05, 4.69) is 4.98 Å². The van der Waals surface area contributed by atoms with Gasteiger partial charge in [0.15, 0.2) is 9.84 Å². The fourth-order valence-electron chi connectivity index (χ4n) is 3.71. The monoisotopic (exact) mass is 426 g/mol. The maximum atomic E-state index is 11.7. The van der Waals surface area contributed by atoms with Crippen LogP contribution in [-0.4, -0.2) is 55.0 Å². The fraction of sp³-hybridized carbons (Fsp3) is 0.273. The first-order valence-electron chi connectivity index (χ1n) is 9.66. The summed E-state index contributed by atoms with van der Waals surface area (Å²) in [4.78, 5) is 17.3. The van der Waals surface area contributed by atoms with E-state index in [0.29, 0.717) is 31.7 Å². The van der Waals surface area contributed by atoms with E-state index in [4.69, 9.17) is 9.84 Å². The molecule has 1 amide bonds. The van der Waals surface area contributed by atoms with Crippen molar-refractivity contribution < 1.29 is 23.1 Å². The Morgan fingerprint density at radius 3 is 2.43 bits per heavy atom. The van der Waals surface area contributed by atoms with Gasteiger partial charge < -0.3 is 14.7 Å². The second-order valence-corrected chi connectivity index (χ2v) is 9.41. The highest BCUT2D eigenvalue weighted by Crippen LogP contribution is 2.33. The zero-order chi connectivity index (χ0) is 21.3. The summed E-state index contributed by atoms with van der Waals surface area (Å²) in [7, 11) is -3.25. The van der Waals surface area contributed by atoms with Gasteiger partial charge in [-0.1, -0.05) is 24.3 Å². The second-order valence-electron chi connectivity index (χ2n) is 7.39. The number of hydrogen-bond donors (Lipinski definition) is 1. The molecule has 3 aromatic rings. The van der Waals surface area contributed by atoms with Crippen LogP contribution in [0.5, 0.6) is 5.75 Å². The molecular formula is C22H22N2O5S. The largest absolute Gasteiger partial charge is 0.490 e. The van der Waals surface area contributed by atoms with Crippen LogP contribution in [0.2, 0.25) is 0 Å². The summed E-state index contributed by atoms with van der Waals surface area (Å²) in [5, 5.41) is 9.96. The zero-order valence-corrected chi connectivity index (χ0v) is 17.3. The molecule has 0 aliphatic carbocycles. The average molecular weight is 426 g/mol. The number of carbonyl (C=O) groups is 1. The molecule has 0 radical (unpaired) electrons. The molecule has 2 aromatic carbocycles. The van der Waals surface area contributed by atoms with Crippen molar-refractivity contribution in [2.45, 2.75) is 23.8 Å². The Balaban J connectivity index is 1.63. The predicted octanol–water partition coefficient (Wildman–Crippen LogP) is 3.83. The van der Waals surface area contributed by atoms with E-state index in [-0.39, 0.29) is 11.0 Å². The Labute approximate surface area is 174 Å². The lowest BCUT2D eigenvalue weighted by molar-refractivity contribution is 0.0902. The number of amides is 1. The van der Waals surface area contributed by atoms with E-state index in [1.54, 1.807) is 30.5 Å². The first-order chi connectivity index (χ1) is 14.3. The first-order valence-corrected chi connectivity index (χ1v) is 11.5. The number of ether oxygens (including phenoxy) is 1. The molecule has 2 heterocycles. The average Bonchev–Trinajstić information content (AvgIpc) is 2.73. The van der Waals surface area contributed by atoms with E-state index in [1.807, 2.05) is 24.3 Å². The molecule has 0 unspecified atom stereocenters. The summed E-state index contributed by atoms with van der Waals surface area (Å²) >= 11 is 0. The number of para-hydroxylation sites is 1. The summed E-state index contributed by atoms with van der Waals surface area (Å²) in [6.07, 6.45) is 3.22. The lowest BCUT2D eigenvalue weighted by Gasteiger charge is -2.30. The fourth-order valence-corrected chi connectivity index (χ4v) is 4.34. The smallest absolute Gasteiger partial charge is 0.407 e. The van der Waals surface area contributed by atoms with Crippen molar-refractivity contribution in [3.05, 3.63) is 54.7 Å². The van der Waals surface area contributed by atoms with Gasteiger partial charge in [-0.05, 0) is 29.8 Å². The molecule has 1 fully saturated rings. The summed E-state index contributed by atoms with van der Waals surface area (Å²) in [5.74, 6) is 0.711. The molecule has 0 bridgehead atoms. The minimum absolute atomic E-state index is 0.0519. The Morgan fingerprint density at radius 1 is 1.10 bits per heavy atom. The molecule has 7 nitrogen and oxygen atoms in total. The van der Waals surface area contributed by atoms with Crippen LogP contribution in [0.4, 0.5) is 4.79 Å². The van der Waals surface area contributed by atoms with Crippen LogP contribution >= 0.6 is 0 Å². The lowest BCUT2D eigenvalue weighted by atomic mass is 10.0. The van der Waals surface area contributed by atoms with Gasteiger partial charge in [0.05, 0.1) is 10.4 Å². The van der Waals surface area contributed by atoms with Crippen LogP contribution in [0.1, 0.15) is 12.8 Å². The third-order valence-electron chi connectivity index (χ3n) is 5.33. The molecule has 156 valence electrons. The highest BCUT2D eigenvalue weighted by Gasteiger charge is 2.24. The number of pyridine rings is 1. The molecule has 0 atom stereocenters. The van der Waals surface area contributed by atoms with E-state index in [0.717, 1.165) is 22.0 Å². The predicted molar refractivity (Wildman–Crippen MR) is 114 cm³/mol. The van der Waals surface area contributed by atoms with Gasteiger partial charge in [0, 0.05) is 49.3 Å². The Hall–Kier alpha value is -3.13. The minimum atomic E-state index is -3.25. The number of carboxylic acid groups (broad SMARTS) is 1. The van der Waals surface area contributed by atoms with Crippen molar-refractivity contribution >= 4 is 26.8 Å². The number of likely N-dealkylation sites (tertiary alicyclic amines) is 1. The van der Waals surface area contributed by atoms with Crippen molar-refractivity contribution in [1.82, 2.24) is 9.88 Å². The van der Waals surface area contributed by atoms with Gasteiger partial charge in [0.2, 0.25) is 0 Å². The Bertz CT molecular complexity index is 1180. The van der Waals surface area contributed by atoms with E-state index >= 15 is 0 Å². The van der Waals surface area contributed by atoms with Crippen LogP contribution in [0.15, 0.2) is 59.6 Å². The third-order valence-corrected chi connectivity index (χ3v) is 6.46. The SMILES string of the molecule is CS(=O)(=O)c1ccc(-c2cccc3c(OC4CCN(C(=O)O)CC4)ccnc23)cc1. The molecular weight excluding hydrogens is 404 g/mol. The van der Waals surface area contributed by atoms with Crippen LogP contribution < -0.4 is 4.74 Å². The van der Waals surface area contributed by atoms with Crippen molar-refractivity contribution in [1.29, 1.82) is 0 Å². The van der Waals surface area contributed by atoms with Gasteiger partial charge in [0.1, 0.15) is 11.9 Å². The Morgan fingerprint density at radius 2 is 1.80 bits per heavy atom. The number of piperidine rings is 1. The van der Waals surface area contributed by atoms with Gasteiger partial charge in [-0.15, -0.1) is 0 Å². The van der Waals surface area contributed by atoms with Gasteiger partial charge in [0.25, 0.3) is 0 Å². The van der Waals surface area contributed by atoms with Crippen LogP contribution in [0.3, 0.4) is 0 Å². The normalized spacial score (nSPS) is 15.3. The van der Waals surface area contributed by atoms with E-state index in [9.17, 15) is 13.2 Å². The molecule has 0 saturated carbocycles. The number of fused-ring (bicyclic) bond motifs is 1.